The van der Waals surface area contributed by atoms with E-state index >= 15 is 0 Å². The van der Waals surface area contributed by atoms with Gasteiger partial charge in [0, 0.05) is 30.8 Å². The number of aromatic nitrogens is 2. The van der Waals surface area contributed by atoms with E-state index in [0.717, 1.165) is 29.9 Å². The van der Waals surface area contributed by atoms with Gasteiger partial charge >= 0.3 is 0 Å². The van der Waals surface area contributed by atoms with Crippen molar-refractivity contribution in [3.8, 4) is 0 Å². The number of rotatable bonds is 2. The third-order valence-corrected chi connectivity index (χ3v) is 3.18. The minimum absolute atomic E-state index is 0.227. The average molecular weight is 279 g/mol. The molecule has 1 aromatic carbocycles. The van der Waals surface area contributed by atoms with Crippen molar-refractivity contribution in [1.82, 2.24) is 15.3 Å². The number of fused-ring (bicyclic) bond motifs is 1. The van der Waals surface area contributed by atoms with Crippen molar-refractivity contribution in [3.05, 3.63) is 46.6 Å². The van der Waals surface area contributed by atoms with E-state index in [1.165, 1.54) is 12.1 Å². The molecule has 0 bridgehead atoms. The summed E-state index contributed by atoms with van der Waals surface area (Å²) >= 11 is 5.93. The van der Waals surface area contributed by atoms with E-state index < -0.39 is 0 Å². The van der Waals surface area contributed by atoms with Crippen molar-refractivity contribution < 1.29 is 4.39 Å². The molecule has 0 saturated heterocycles. The largest absolute Gasteiger partial charge is 0.340 e. The van der Waals surface area contributed by atoms with Crippen molar-refractivity contribution >= 4 is 23.1 Å². The number of anilines is 2. The second-order valence-electron chi connectivity index (χ2n) is 4.33. The lowest BCUT2D eigenvalue weighted by molar-refractivity contribution is 0.627. The summed E-state index contributed by atoms with van der Waals surface area (Å²) in [5.41, 5.74) is 2.74. The highest BCUT2D eigenvalue weighted by molar-refractivity contribution is 6.28. The van der Waals surface area contributed by atoms with Gasteiger partial charge in [-0.05, 0) is 35.9 Å². The van der Waals surface area contributed by atoms with Crippen LogP contribution in [0.15, 0.2) is 24.3 Å². The molecule has 0 fully saturated rings. The molecule has 2 aromatic rings. The lowest BCUT2D eigenvalue weighted by Crippen LogP contribution is -2.26. The van der Waals surface area contributed by atoms with Gasteiger partial charge < -0.3 is 10.6 Å². The number of halogens is 2. The van der Waals surface area contributed by atoms with Gasteiger partial charge in [0.15, 0.2) is 0 Å². The molecule has 0 radical (unpaired) electrons. The number of nitrogens with one attached hydrogen (secondary N) is 2. The normalized spacial score (nSPS) is 14.0. The second-order valence-corrected chi connectivity index (χ2v) is 4.66. The second kappa shape index (κ2) is 5.11. The highest BCUT2D eigenvalue weighted by atomic mass is 35.5. The van der Waals surface area contributed by atoms with Crippen LogP contribution in [0.1, 0.15) is 11.3 Å². The van der Waals surface area contributed by atoms with Crippen LogP contribution in [0.5, 0.6) is 0 Å². The van der Waals surface area contributed by atoms with Crippen molar-refractivity contribution in [1.29, 1.82) is 0 Å². The first-order valence-corrected chi connectivity index (χ1v) is 6.39. The molecule has 2 heterocycles. The first-order chi connectivity index (χ1) is 9.22. The first kappa shape index (κ1) is 12.3. The summed E-state index contributed by atoms with van der Waals surface area (Å²) in [5, 5.41) is 6.66. The van der Waals surface area contributed by atoms with E-state index in [9.17, 15) is 4.39 Å². The topological polar surface area (TPSA) is 49.8 Å². The van der Waals surface area contributed by atoms with E-state index in [1.807, 2.05) is 0 Å². The first-order valence-electron chi connectivity index (χ1n) is 6.01. The standard InChI is InChI=1S/C13H12ClFN4/c14-13-18-11-5-6-16-7-10(11)12(19-13)17-9-3-1-8(15)2-4-9/h1-4,16H,5-7H2,(H,17,18,19). The number of benzene rings is 1. The summed E-state index contributed by atoms with van der Waals surface area (Å²) < 4.78 is 12.9. The van der Waals surface area contributed by atoms with E-state index in [2.05, 4.69) is 20.6 Å². The molecule has 0 aliphatic carbocycles. The van der Waals surface area contributed by atoms with Crippen LogP contribution in [0.4, 0.5) is 15.9 Å². The highest BCUT2D eigenvalue weighted by Gasteiger charge is 2.17. The summed E-state index contributed by atoms with van der Waals surface area (Å²) in [7, 11) is 0. The maximum atomic E-state index is 12.9. The van der Waals surface area contributed by atoms with Crippen LogP contribution >= 0.6 is 11.6 Å². The smallest absolute Gasteiger partial charge is 0.224 e. The predicted octanol–water partition coefficient (Wildman–Crippen LogP) is 2.66. The molecule has 1 aliphatic rings. The Bertz CT molecular complexity index is 600. The van der Waals surface area contributed by atoms with E-state index in [-0.39, 0.29) is 11.1 Å². The molecule has 0 saturated carbocycles. The van der Waals surface area contributed by atoms with Gasteiger partial charge in [0.05, 0.1) is 5.69 Å². The highest BCUT2D eigenvalue weighted by Crippen LogP contribution is 2.24. The molecule has 1 aliphatic heterocycles. The molecule has 0 atom stereocenters. The Morgan fingerprint density at radius 2 is 2.00 bits per heavy atom. The fourth-order valence-corrected chi connectivity index (χ4v) is 2.27. The minimum Gasteiger partial charge on any atom is -0.340 e. The third-order valence-electron chi connectivity index (χ3n) is 3.01. The monoisotopic (exact) mass is 278 g/mol. The summed E-state index contributed by atoms with van der Waals surface area (Å²) in [5.74, 6) is 0.406. The molecule has 6 heteroatoms. The summed E-state index contributed by atoms with van der Waals surface area (Å²) in [6.07, 6.45) is 0.829. The molecule has 2 N–H and O–H groups in total. The van der Waals surface area contributed by atoms with E-state index in [0.29, 0.717) is 12.4 Å². The summed E-state index contributed by atoms with van der Waals surface area (Å²) in [6.45, 7) is 1.59. The summed E-state index contributed by atoms with van der Waals surface area (Å²) in [6, 6.07) is 6.12. The number of hydrogen-bond acceptors (Lipinski definition) is 4. The zero-order valence-electron chi connectivity index (χ0n) is 10.1. The van der Waals surface area contributed by atoms with Crippen molar-refractivity contribution in [2.45, 2.75) is 13.0 Å². The van der Waals surface area contributed by atoms with Crippen molar-refractivity contribution in [2.24, 2.45) is 0 Å². The Morgan fingerprint density at radius 3 is 2.79 bits per heavy atom. The van der Waals surface area contributed by atoms with Crippen LogP contribution in [0, 0.1) is 5.82 Å². The fourth-order valence-electron chi connectivity index (χ4n) is 2.09. The molecular weight excluding hydrogens is 267 g/mol. The maximum absolute atomic E-state index is 12.9. The van der Waals surface area contributed by atoms with Gasteiger partial charge in [-0.3, -0.25) is 0 Å². The van der Waals surface area contributed by atoms with Gasteiger partial charge in [-0.2, -0.15) is 0 Å². The van der Waals surface area contributed by atoms with Crippen LogP contribution in [-0.2, 0) is 13.0 Å². The van der Waals surface area contributed by atoms with Crippen LogP contribution < -0.4 is 10.6 Å². The Balaban J connectivity index is 1.95. The van der Waals surface area contributed by atoms with Crippen LogP contribution in [0.3, 0.4) is 0 Å². The molecule has 0 amide bonds. The van der Waals surface area contributed by atoms with Gasteiger partial charge in [-0.1, -0.05) is 0 Å². The van der Waals surface area contributed by atoms with E-state index in [1.54, 1.807) is 12.1 Å². The number of hydrogen-bond donors (Lipinski definition) is 2. The Hall–Kier alpha value is -1.72. The average Bonchev–Trinajstić information content (AvgIpc) is 2.41. The van der Waals surface area contributed by atoms with Gasteiger partial charge in [0.25, 0.3) is 0 Å². The minimum atomic E-state index is -0.269. The molecule has 4 nitrogen and oxygen atoms in total. The zero-order chi connectivity index (χ0) is 13.2. The molecule has 1 aromatic heterocycles. The van der Waals surface area contributed by atoms with Crippen LogP contribution in [-0.4, -0.2) is 16.5 Å². The Kier molecular flexibility index (Phi) is 3.31. The SMILES string of the molecule is Fc1ccc(Nc2nc(Cl)nc3c2CNCC3)cc1. The fraction of sp³-hybridized carbons (Fsp3) is 0.231. The predicted molar refractivity (Wildman–Crippen MR) is 72.1 cm³/mol. The van der Waals surface area contributed by atoms with Gasteiger partial charge in [0.2, 0.25) is 5.28 Å². The van der Waals surface area contributed by atoms with Crippen LogP contribution in [0.25, 0.3) is 0 Å². The van der Waals surface area contributed by atoms with Crippen molar-refractivity contribution in [3.63, 3.8) is 0 Å². The van der Waals surface area contributed by atoms with E-state index in [4.69, 9.17) is 11.6 Å². The van der Waals surface area contributed by atoms with Gasteiger partial charge in [-0.15, -0.1) is 0 Å². The Morgan fingerprint density at radius 1 is 1.21 bits per heavy atom. The molecule has 0 spiro atoms. The lowest BCUT2D eigenvalue weighted by Gasteiger charge is -2.19. The third kappa shape index (κ3) is 2.67. The lowest BCUT2D eigenvalue weighted by atomic mass is 10.1. The molecule has 3 rings (SSSR count). The van der Waals surface area contributed by atoms with Crippen LogP contribution in [0.2, 0.25) is 5.28 Å². The molecule has 98 valence electrons. The molecule has 0 unspecified atom stereocenters. The Labute approximate surface area is 115 Å². The summed E-state index contributed by atoms with van der Waals surface area (Å²) in [4.78, 5) is 8.46. The number of nitrogens with zero attached hydrogens (tertiary/aromatic N) is 2. The quantitative estimate of drug-likeness (QED) is 0.829. The van der Waals surface area contributed by atoms with Crippen molar-refractivity contribution in [2.75, 3.05) is 11.9 Å². The molecular formula is C13H12ClFN4. The maximum Gasteiger partial charge on any atom is 0.224 e. The molecule has 19 heavy (non-hydrogen) atoms. The van der Waals surface area contributed by atoms with Gasteiger partial charge in [-0.25, -0.2) is 14.4 Å². The van der Waals surface area contributed by atoms with Gasteiger partial charge in [0.1, 0.15) is 11.6 Å². The zero-order valence-corrected chi connectivity index (χ0v) is 10.8.